The van der Waals surface area contributed by atoms with E-state index in [2.05, 4.69) is 4.98 Å². The maximum absolute atomic E-state index is 13.9. The standard InChI is InChI=1S/C14H11F2NO2/c1-8-2-3-9(7-17-8)11-6-12(15)10(4-13(11)16)5-14(18)19/h2-4,6-7H,5H2,1H3,(H,18,19). The monoisotopic (exact) mass is 263 g/mol. The summed E-state index contributed by atoms with van der Waals surface area (Å²) in [5, 5.41) is 8.60. The lowest BCUT2D eigenvalue weighted by Crippen LogP contribution is -2.04. The number of hydrogen-bond donors (Lipinski definition) is 1. The van der Waals surface area contributed by atoms with Crippen molar-refractivity contribution in [3.05, 3.63) is 53.4 Å². The van der Waals surface area contributed by atoms with Crippen molar-refractivity contribution in [2.45, 2.75) is 13.3 Å². The predicted octanol–water partition coefficient (Wildman–Crippen LogP) is 2.96. The maximum Gasteiger partial charge on any atom is 0.307 e. The first-order valence-electron chi connectivity index (χ1n) is 5.60. The van der Waals surface area contributed by atoms with E-state index in [1.807, 2.05) is 0 Å². The number of pyridine rings is 1. The molecule has 0 spiro atoms. The first kappa shape index (κ1) is 13.1. The number of hydrogen-bond acceptors (Lipinski definition) is 2. The maximum atomic E-state index is 13.9. The molecule has 1 N–H and O–H groups in total. The van der Waals surface area contributed by atoms with Gasteiger partial charge in [-0.1, -0.05) is 6.07 Å². The fourth-order valence-corrected chi connectivity index (χ4v) is 1.73. The van der Waals surface area contributed by atoms with Crippen LogP contribution in [0.1, 0.15) is 11.3 Å². The van der Waals surface area contributed by atoms with E-state index in [9.17, 15) is 13.6 Å². The van der Waals surface area contributed by atoms with E-state index >= 15 is 0 Å². The number of halogens is 2. The van der Waals surface area contributed by atoms with Gasteiger partial charge in [0.2, 0.25) is 0 Å². The van der Waals surface area contributed by atoms with E-state index in [1.165, 1.54) is 6.20 Å². The van der Waals surface area contributed by atoms with Crippen LogP contribution in [0.2, 0.25) is 0 Å². The topological polar surface area (TPSA) is 50.2 Å². The van der Waals surface area contributed by atoms with Crippen molar-refractivity contribution in [3.63, 3.8) is 0 Å². The molecule has 0 aliphatic heterocycles. The van der Waals surface area contributed by atoms with Crippen LogP contribution in [0.25, 0.3) is 11.1 Å². The molecule has 1 aromatic heterocycles. The summed E-state index contributed by atoms with van der Waals surface area (Å²) in [4.78, 5) is 14.5. The molecule has 0 saturated carbocycles. The molecule has 3 nitrogen and oxygen atoms in total. The van der Waals surface area contributed by atoms with Gasteiger partial charge in [0.15, 0.2) is 0 Å². The van der Waals surface area contributed by atoms with Gasteiger partial charge in [0.25, 0.3) is 0 Å². The number of carboxylic acids is 1. The molecule has 98 valence electrons. The van der Waals surface area contributed by atoms with Gasteiger partial charge in [-0.15, -0.1) is 0 Å². The molecule has 1 heterocycles. The van der Waals surface area contributed by atoms with E-state index in [0.717, 1.165) is 17.8 Å². The summed E-state index contributed by atoms with van der Waals surface area (Å²) >= 11 is 0. The minimum Gasteiger partial charge on any atom is -0.481 e. The molecule has 2 aromatic rings. The van der Waals surface area contributed by atoms with Crippen molar-refractivity contribution in [1.82, 2.24) is 4.98 Å². The molecule has 0 fully saturated rings. The average molecular weight is 263 g/mol. The average Bonchev–Trinajstić information content (AvgIpc) is 2.34. The number of rotatable bonds is 3. The number of aryl methyl sites for hydroxylation is 1. The number of nitrogens with zero attached hydrogens (tertiary/aromatic N) is 1. The van der Waals surface area contributed by atoms with Gasteiger partial charge in [0, 0.05) is 28.6 Å². The van der Waals surface area contributed by atoms with Gasteiger partial charge >= 0.3 is 5.97 Å². The first-order valence-corrected chi connectivity index (χ1v) is 5.60. The zero-order chi connectivity index (χ0) is 14.0. The number of aliphatic carboxylic acids is 1. The Balaban J connectivity index is 2.45. The minimum atomic E-state index is -1.21. The van der Waals surface area contributed by atoms with Gasteiger partial charge in [-0.25, -0.2) is 8.78 Å². The van der Waals surface area contributed by atoms with Crippen LogP contribution in [0.15, 0.2) is 30.5 Å². The number of benzene rings is 1. The Hall–Kier alpha value is -2.30. The predicted molar refractivity (Wildman–Crippen MR) is 65.7 cm³/mol. The largest absolute Gasteiger partial charge is 0.481 e. The zero-order valence-corrected chi connectivity index (χ0v) is 10.2. The second-order valence-corrected chi connectivity index (χ2v) is 4.18. The fraction of sp³-hybridized carbons (Fsp3) is 0.143. The van der Waals surface area contributed by atoms with Gasteiger partial charge in [-0.3, -0.25) is 9.78 Å². The van der Waals surface area contributed by atoms with E-state index in [1.54, 1.807) is 19.1 Å². The molecule has 5 heteroatoms. The van der Waals surface area contributed by atoms with E-state index in [4.69, 9.17) is 5.11 Å². The van der Waals surface area contributed by atoms with Crippen LogP contribution in [0.4, 0.5) is 8.78 Å². The summed E-state index contributed by atoms with van der Waals surface area (Å²) < 4.78 is 27.6. The van der Waals surface area contributed by atoms with Crippen molar-refractivity contribution in [2.24, 2.45) is 0 Å². The Kier molecular flexibility index (Phi) is 3.55. The van der Waals surface area contributed by atoms with Crippen molar-refractivity contribution in [2.75, 3.05) is 0 Å². The van der Waals surface area contributed by atoms with Crippen molar-refractivity contribution >= 4 is 5.97 Å². The van der Waals surface area contributed by atoms with Gasteiger partial charge in [-0.05, 0) is 25.1 Å². The highest BCUT2D eigenvalue weighted by Gasteiger charge is 2.13. The lowest BCUT2D eigenvalue weighted by Gasteiger charge is -2.07. The molecule has 0 saturated heterocycles. The van der Waals surface area contributed by atoms with Gasteiger partial charge in [-0.2, -0.15) is 0 Å². The number of aromatic nitrogens is 1. The quantitative estimate of drug-likeness (QED) is 0.926. The van der Waals surface area contributed by atoms with Crippen molar-refractivity contribution in [1.29, 1.82) is 0 Å². The van der Waals surface area contributed by atoms with Gasteiger partial charge in [0.1, 0.15) is 11.6 Å². The second-order valence-electron chi connectivity index (χ2n) is 4.18. The Morgan fingerprint density at radius 2 is 2.00 bits per heavy atom. The molecule has 0 unspecified atom stereocenters. The molecule has 0 aliphatic carbocycles. The summed E-state index contributed by atoms with van der Waals surface area (Å²) in [6, 6.07) is 5.24. The Bertz CT molecular complexity index is 624. The zero-order valence-electron chi connectivity index (χ0n) is 10.2. The molecule has 1 aromatic carbocycles. The van der Waals surface area contributed by atoms with E-state index in [0.29, 0.717) is 5.56 Å². The highest BCUT2D eigenvalue weighted by molar-refractivity contribution is 5.71. The van der Waals surface area contributed by atoms with Crippen molar-refractivity contribution in [3.8, 4) is 11.1 Å². The molecule has 0 radical (unpaired) electrons. The molecule has 0 aliphatic rings. The molecule has 19 heavy (non-hydrogen) atoms. The summed E-state index contributed by atoms with van der Waals surface area (Å²) in [6.07, 6.45) is 0.902. The molecule has 0 atom stereocenters. The summed E-state index contributed by atoms with van der Waals surface area (Å²) in [6.45, 7) is 1.79. The molecular weight excluding hydrogens is 252 g/mol. The van der Waals surface area contributed by atoms with Crippen LogP contribution in [-0.4, -0.2) is 16.1 Å². The third kappa shape index (κ3) is 2.93. The Labute approximate surface area is 108 Å². The normalized spacial score (nSPS) is 10.5. The highest BCUT2D eigenvalue weighted by Crippen LogP contribution is 2.25. The van der Waals surface area contributed by atoms with E-state index in [-0.39, 0.29) is 11.1 Å². The summed E-state index contributed by atoms with van der Waals surface area (Å²) in [7, 11) is 0. The lowest BCUT2D eigenvalue weighted by molar-refractivity contribution is -0.136. The summed E-state index contributed by atoms with van der Waals surface area (Å²) in [5.41, 5.74) is 1.11. The van der Waals surface area contributed by atoms with E-state index < -0.39 is 24.0 Å². The van der Waals surface area contributed by atoms with Crippen LogP contribution in [0.3, 0.4) is 0 Å². The van der Waals surface area contributed by atoms with Crippen LogP contribution in [0, 0.1) is 18.6 Å². The molecular formula is C14H11F2NO2. The SMILES string of the molecule is Cc1ccc(-c2cc(F)c(CC(=O)O)cc2F)cn1. The van der Waals surface area contributed by atoms with Crippen LogP contribution < -0.4 is 0 Å². The molecule has 0 amide bonds. The highest BCUT2D eigenvalue weighted by atomic mass is 19.1. The first-order chi connectivity index (χ1) is 8.97. The van der Waals surface area contributed by atoms with Crippen LogP contribution in [-0.2, 0) is 11.2 Å². The number of carboxylic acid groups (broad SMARTS) is 1. The van der Waals surface area contributed by atoms with Crippen LogP contribution in [0.5, 0.6) is 0 Å². The minimum absolute atomic E-state index is 0.0686. The third-order valence-electron chi connectivity index (χ3n) is 2.70. The lowest BCUT2D eigenvalue weighted by atomic mass is 10.0. The Morgan fingerprint density at radius 3 is 2.58 bits per heavy atom. The summed E-state index contributed by atoms with van der Waals surface area (Å²) in [5.74, 6) is -2.61. The van der Waals surface area contributed by atoms with Crippen LogP contribution >= 0.6 is 0 Å². The van der Waals surface area contributed by atoms with Gasteiger partial charge in [0.05, 0.1) is 6.42 Å². The third-order valence-corrected chi connectivity index (χ3v) is 2.70. The second kappa shape index (κ2) is 5.14. The molecule has 0 bridgehead atoms. The smallest absolute Gasteiger partial charge is 0.307 e. The number of carbonyl (C=O) groups is 1. The molecule has 2 rings (SSSR count). The van der Waals surface area contributed by atoms with Crippen molar-refractivity contribution < 1.29 is 18.7 Å². The van der Waals surface area contributed by atoms with Gasteiger partial charge < -0.3 is 5.11 Å². The Morgan fingerprint density at radius 1 is 1.26 bits per heavy atom. The fourth-order valence-electron chi connectivity index (χ4n) is 1.73.